The van der Waals surface area contributed by atoms with Crippen LogP contribution in [0.25, 0.3) is 0 Å². The van der Waals surface area contributed by atoms with E-state index in [-0.39, 0.29) is 18.2 Å². The molecule has 0 fully saturated rings. The number of carbonyl (C=O) groups is 2. The van der Waals surface area contributed by atoms with E-state index in [1.54, 1.807) is 0 Å². The first-order chi connectivity index (χ1) is 12.3. The number of rotatable bonds is 8. The number of hydrogen-bond donors (Lipinski definition) is 1. The van der Waals surface area contributed by atoms with Gasteiger partial charge in [-0.25, -0.2) is 0 Å². The Hall–Kier alpha value is -2.46. The van der Waals surface area contributed by atoms with E-state index in [1.165, 1.54) is 23.6 Å². The second-order valence-electron chi connectivity index (χ2n) is 7.02. The zero-order chi connectivity index (χ0) is 19.1. The molecule has 2 aromatic carbocycles. The molecule has 0 aliphatic carbocycles. The van der Waals surface area contributed by atoms with Gasteiger partial charge in [-0.3, -0.25) is 14.5 Å². The molecule has 0 bridgehead atoms. The van der Waals surface area contributed by atoms with Crippen LogP contribution < -0.4 is 5.32 Å². The van der Waals surface area contributed by atoms with Gasteiger partial charge in [0.25, 0.3) is 0 Å². The number of aryl methyl sites for hydroxylation is 2. The number of nitrogens with zero attached hydrogens (tertiary/aromatic N) is 1. The fourth-order valence-electron chi connectivity index (χ4n) is 3.00. The van der Waals surface area contributed by atoms with Crippen LogP contribution in [0.1, 0.15) is 29.2 Å². The lowest BCUT2D eigenvalue weighted by Gasteiger charge is -2.21. The summed E-state index contributed by atoms with van der Waals surface area (Å²) in [4.78, 5) is 26.3. The molecule has 1 amide bonds. The first kappa shape index (κ1) is 19.9. The van der Waals surface area contributed by atoms with E-state index in [9.17, 15) is 9.59 Å². The summed E-state index contributed by atoms with van der Waals surface area (Å²) < 4.78 is 0. The van der Waals surface area contributed by atoms with Crippen LogP contribution in [-0.4, -0.2) is 36.2 Å². The minimum Gasteiger partial charge on any atom is -0.345 e. The maximum atomic E-state index is 12.4. The lowest BCUT2D eigenvalue weighted by atomic mass is 10.0. The number of amides is 1. The van der Waals surface area contributed by atoms with Crippen LogP contribution in [0, 0.1) is 13.8 Å². The van der Waals surface area contributed by atoms with Gasteiger partial charge in [0, 0.05) is 6.54 Å². The largest absolute Gasteiger partial charge is 0.345 e. The Morgan fingerprint density at radius 1 is 1.08 bits per heavy atom. The minimum absolute atomic E-state index is 0.0285. The summed E-state index contributed by atoms with van der Waals surface area (Å²) in [5.74, 6) is -0.160. The van der Waals surface area contributed by atoms with Gasteiger partial charge in [-0.1, -0.05) is 54.1 Å². The minimum atomic E-state index is -0.487. The molecule has 0 aliphatic rings. The third-order valence-corrected chi connectivity index (χ3v) is 4.46. The average Bonchev–Trinajstić information content (AvgIpc) is 2.57. The summed E-state index contributed by atoms with van der Waals surface area (Å²) in [6, 6.07) is 15.6. The Morgan fingerprint density at radius 2 is 1.77 bits per heavy atom. The molecule has 2 aromatic rings. The first-order valence-electron chi connectivity index (χ1n) is 8.93. The molecule has 0 heterocycles. The van der Waals surface area contributed by atoms with E-state index in [1.807, 2.05) is 42.3 Å². The second-order valence-corrected chi connectivity index (χ2v) is 7.02. The van der Waals surface area contributed by atoms with Crippen molar-refractivity contribution in [3.05, 3.63) is 70.8 Å². The van der Waals surface area contributed by atoms with Gasteiger partial charge in [0.2, 0.25) is 5.91 Å². The van der Waals surface area contributed by atoms with Crippen molar-refractivity contribution in [2.45, 2.75) is 39.8 Å². The van der Waals surface area contributed by atoms with Crippen LogP contribution in [-0.2, 0) is 22.6 Å². The molecule has 4 nitrogen and oxygen atoms in total. The van der Waals surface area contributed by atoms with Crippen LogP contribution >= 0.6 is 0 Å². The number of Topliss-reactive ketones (excluding diaryl/α,β-unsaturated/α-hetero) is 1. The van der Waals surface area contributed by atoms with Crippen molar-refractivity contribution in [1.29, 1.82) is 0 Å². The van der Waals surface area contributed by atoms with E-state index in [4.69, 9.17) is 0 Å². The highest BCUT2D eigenvalue weighted by molar-refractivity contribution is 5.88. The van der Waals surface area contributed by atoms with Crippen LogP contribution in [0.5, 0.6) is 0 Å². The summed E-state index contributed by atoms with van der Waals surface area (Å²) in [6.45, 7) is 6.63. The topological polar surface area (TPSA) is 49.4 Å². The highest BCUT2D eigenvalue weighted by Gasteiger charge is 2.18. The molecule has 1 N–H and O–H groups in total. The summed E-state index contributed by atoms with van der Waals surface area (Å²) in [5.41, 5.74) is 4.70. The van der Waals surface area contributed by atoms with Gasteiger partial charge in [-0.2, -0.15) is 0 Å². The van der Waals surface area contributed by atoms with Gasteiger partial charge in [0.15, 0.2) is 5.78 Å². The predicted molar refractivity (Wildman–Crippen MR) is 105 cm³/mol. The molecule has 26 heavy (non-hydrogen) atoms. The van der Waals surface area contributed by atoms with E-state index in [0.29, 0.717) is 13.0 Å². The van der Waals surface area contributed by atoms with E-state index >= 15 is 0 Å². The zero-order valence-electron chi connectivity index (χ0n) is 16.1. The monoisotopic (exact) mass is 352 g/mol. The van der Waals surface area contributed by atoms with Crippen LogP contribution in [0.15, 0.2) is 48.5 Å². The van der Waals surface area contributed by atoms with Crippen molar-refractivity contribution >= 4 is 11.7 Å². The van der Waals surface area contributed by atoms with Crippen molar-refractivity contribution in [3.8, 4) is 0 Å². The maximum absolute atomic E-state index is 12.4. The fraction of sp³-hybridized carbons (Fsp3) is 0.364. The zero-order valence-corrected chi connectivity index (χ0v) is 16.1. The molecule has 0 radical (unpaired) electrons. The fourth-order valence-corrected chi connectivity index (χ4v) is 3.00. The lowest BCUT2D eigenvalue weighted by molar-refractivity contribution is -0.127. The third-order valence-electron chi connectivity index (χ3n) is 4.46. The van der Waals surface area contributed by atoms with Crippen molar-refractivity contribution in [1.82, 2.24) is 10.2 Å². The van der Waals surface area contributed by atoms with E-state index in [2.05, 4.69) is 37.4 Å². The van der Waals surface area contributed by atoms with Gasteiger partial charge in [0.05, 0.1) is 12.6 Å². The Bertz CT molecular complexity index is 756. The Balaban J connectivity index is 1.91. The standard InChI is InChI=1S/C22H28N2O2/c1-16-10-11-20(17(2)12-16)14-24(4)15-22(26)23-21(18(3)25)13-19-8-6-5-7-9-19/h5-12,21H,13-15H2,1-4H3,(H,23,26)/t21-/m0/s1. The molecule has 0 unspecified atom stereocenters. The SMILES string of the molecule is CC(=O)[C@H](Cc1ccccc1)NC(=O)CN(C)Cc1ccc(C)cc1C. The van der Waals surface area contributed by atoms with Crippen LogP contribution in [0.3, 0.4) is 0 Å². The Kier molecular flexibility index (Phi) is 7.10. The number of likely N-dealkylation sites (N-methyl/N-ethyl adjacent to an activating group) is 1. The van der Waals surface area contributed by atoms with E-state index < -0.39 is 6.04 Å². The van der Waals surface area contributed by atoms with Crippen molar-refractivity contribution in [2.24, 2.45) is 0 Å². The van der Waals surface area contributed by atoms with Crippen molar-refractivity contribution in [3.63, 3.8) is 0 Å². The highest BCUT2D eigenvalue weighted by atomic mass is 16.2. The number of ketones is 1. The third kappa shape index (κ3) is 6.12. The maximum Gasteiger partial charge on any atom is 0.234 e. The van der Waals surface area contributed by atoms with Gasteiger partial charge in [-0.15, -0.1) is 0 Å². The Labute approximate surface area is 156 Å². The second kappa shape index (κ2) is 9.30. The smallest absolute Gasteiger partial charge is 0.234 e. The number of carbonyl (C=O) groups excluding carboxylic acids is 2. The van der Waals surface area contributed by atoms with Crippen molar-refractivity contribution < 1.29 is 9.59 Å². The quantitative estimate of drug-likeness (QED) is 0.794. The van der Waals surface area contributed by atoms with Gasteiger partial charge in [0.1, 0.15) is 0 Å². The molecular formula is C22H28N2O2. The highest BCUT2D eigenvalue weighted by Crippen LogP contribution is 2.12. The molecule has 0 saturated carbocycles. The summed E-state index contributed by atoms with van der Waals surface area (Å²) >= 11 is 0. The normalized spacial score (nSPS) is 12.0. The van der Waals surface area contributed by atoms with Crippen molar-refractivity contribution in [2.75, 3.05) is 13.6 Å². The van der Waals surface area contributed by atoms with Gasteiger partial charge >= 0.3 is 0 Å². The molecule has 0 aliphatic heterocycles. The molecule has 1 atom stereocenters. The lowest BCUT2D eigenvalue weighted by Crippen LogP contribution is -2.45. The number of hydrogen-bond acceptors (Lipinski definition) is 3. The molecule has 0 spiro atoms. The summed E-state index contributed by atoms with van der Waals surface area (Å²) in [7, 11) is 1.92. The predicted octanol–water partition coefficient (Wildman–Crippen LogP) is 3.05. The average molecular weight is 352 g/mol. The van der Waals surface area contributed by atoms with Gasteiger partial charge < -0.3 is 5.32 Å². The molecule has 138 valence electrons. The Morgan fingerprint density at radius 3 is 2.38 bits per heavy atom. The molecule has 0 saturated heterocycles. The van der Waals surface area contributed by atoms with Crippen LogP contribution in [0.2, 0.25) is 0 Å². The molecular weight excluding hydrogens is 324 g/mol. The molecule has 4 heteroatoms. The first-order valence-corrected chi connectivity index (χ1v) is 8.93. The number of benzene rings is 2. The number of nitrogens with one attached hydrogen (secondary N) is 1. The van der Waals surface area contributed by atoms with Crippen LogP contribution in [0.4, 0.5) is 0 Å². The van der Waals surface area contributed by atoms with Gasteiger partial charge in [-0.05, 0) is 50.9 Å². The summed E-state index contributed by atoms with van der Waals surface area (Å²) in [5, 5.41) is 2.88. The van der Waals surface area contributed by atoms with E-state index in [0.717, 1.165) is 5.56 Å². The molecule has 0 aromatic heterocycles. The summed E-state index contributed by atoms with van der Waals surface area (Å²) in [6.07, 6.45) is 0.517. The molecule has 2 rings (SSSR count).